The quantitative estimate of drug-likeness (QED) is 0.166. The zero-order valence-corrected chi connectivity index (χ0v) is 26.6. The summed E-state index contributed by atoms with van der Waals surface area (Å²) in [5.41, 5.74) is 7.73. The number of ether oxygens (including phenoxy) is 2. The molecule has 0 aliphatic carbocycles. The van der Waals surface area contributed by atoms with E-state index < -0.39 is 5.97 Å². The Morgan fingerprint density at radius 3 is 2.30 bits per heavy atom. The molecule has 1 aromatic heterocycles. The maximum Gasteiger partial charge on any atom is 0.340 e. The van der Waals surface area contributed by atoms with E-state index in [1.165, 1.54) is 18.2 Å². The van der Waals surface area contributed by atoms with Crippen LogP contribution in [-0.4, -0.2) is 41.6 Å². The third kappa shape index (κ3) is 5.93. The predicted octanol–water partition coefficient (Wildman–Crippen LogP) is 7.93. The molecule has 0 radical (unpaired) electrons. The van der Waals surface area contributed by atoms with Crippen LogP contribution in [0.25, 0.3) is 10.9 Å². The second kappa shape index (κ2) is 12.7. The first-order valence-electron chi connectivity index (χ1n) is 15.9. The minimum atomic E-state index is -0.391. The van der Waals surface area contributed by atoms with Crippen molar-refractivity contribution in [1.29, 1.82) is 0 Å². The fraction of sp³-hybridized carbons (Fsp3) is 0.256. The normalized spacial score (nSPS) is 16.7. The number of amidine groups is 1. The van der Waals surface area contributed by atoms with Crippen LogP contribution >= 0.6 is 0 Å². The molecule has 5 aromatic rings. The summed E-state index contributed by atoms with van der Waals surface area (Å²) in [4.78, 5) is 27.6. The number of carbonyl (C=O) groups is 1. The van der Waals surface area contributed by atoms with Crippen molar-refractivity contribution in [2.24, 2.45) is 4.99 Å². The highest BCUT2D eigenvalue weighted by atomic mass is 16.5. The second-order valence-corrected chi connectivity index (χ2v) is 12.2. The van der Waals surface area contributed by atoms with Gasteiger partial charge in [-0.15, -0.1) is 0 Å². The van der Waals surface area contributed by atoms with Gasteiger partial charge in [-0.1, -0.05) is 83.9 Å². The Bertz CT molecular complexity index is 1920. The summed E-state index contributed by atoms with van der Waals surface area (Å²) in [5, 5.41) is 1.04. The molecule has 7 nitrogen and oxygen atoms in total. The highest BCUT2D eigenvalue weighted by molar-refractivity contribution is 5.97. The third-order valence-electron chi connectivity index (χ3n) is 8.87. The molecule has 46 heavy (non-hydrogen) atoms. The first-order valence-corrected chi connectivity index (χ1v) is 15.9. The van der Waals surface area contributed by atoms with Crippen molar-refractivity contribution in [2.75, 3.05) is 18.6 Å². The number of aromatic nitrogens is 1. The highest BCUT2D eigenvalue weighted by Crippen LogP contribution is 2.42. The number of anilines is 1. The summed E-state index contributed by atoms with van der Waals surface area (Å²) < 4.78 is 12.2. The van der Waals surface area contributed by atoms with Crippen LogP contribution in [0.1, 0.15) is 51.0 Å². The van der Waals surface area contributed by atoms with Gasteiger partial charge in [0.05, 0.1) is 23.9 Å². The SMILES string of the molecule is COC(=O)c1cc(C)ccc1/N=C1/CCC(Oc2c3c(nc4ccc(C)cc24)N(Cc2ccccc2)CC3)N1Cc1ccccc1. The molecule has 1 saturated heterocycles. The van der Waals surface area contributed by atoms with Crippen molar-refractivity contribution in [3.05, 3.63) is 130 Å². The van der Waals surface area contributed by atoms with Gasteiger partial charge < -0.3 is 19.3 Å². The van der Waals surface area contributed by atoms with E-state index in [9.17, 15) is 4.79 Å². The van der Waals surface area contributed by atoms with E-state index in [1.807, 2.05) is 31.2 Å². The molecule has 1 unspecified atom stereocenters. The van der Waals surface area contributed by atoms with Crippen LogP contribution in [-0.2, 0) is 24.2 Å². The highest BCUT2D eigenvalue weighted by Gasteiger charge is 2.35. The fourth-order valence-corrected chi connectivity index (χ4v) is 6.54. The minimum Gasteiger partial charge on any atom is -0.469 e. The predicted molar refractivity (Wildman–Crippen MR) is 183 cm³/mol. The number of hydrogen-bond donors (Lipinski definition) is 0. The second-order valence-electron chi connectivity index (χ2n) is 12.2. The number of hydrogen-bond acceptors (Lipinski definition) is 6. The van der Waals surface area contributed by atoms with Crippen LogP contribution in [0.4, 0.5) is 11.5 Å². The summed E-state index contributed by atoms with van der Waals surface area (Å²) >= 11 is 0. The van der Waals surface area contributed by atoms with Gasteiger partial charge in [0.25, 0.3) is 0 Å². The Morgan fingerprint density at radius 2 is 1.57 bits per heavy atom. The Balaban J connectivity index is 1.28. The number of benzene rings is 4. The molecule has 0 spiro atoms. The van der Waals surface area contributed by atoms with Crippen LogP contribution in [0.3, 0.4) is 0 Å². The van der Waals surface area contributed by atoms with E-state index in [1.54, 1.807) is 0 Å². The Morgan fingerprint density at radius 1 is 0.870 bits per heavy atom. The summed E-state index contributed by atoms with van der Waals surface area (Å²) in [7, 11) is 1.41. The van der Waals surface area contributed by atoms with E-state index in [0.717, 1.165) is 77.3 Å². The van der Waals surface area contributed by atoms with E-state index in [2.05, 4.69) is 89.5 Å². The Kier molecular flexibility index (Phi) is 8.14. The van der Waals surface area contributed by atoms with Crippen molar-refractivity contribution in [3.8, 4) is 5.75 Å². The van der Waals surface area contributed by atoms with Gasteiger partial charge in [0, 0.05) is 43.4 Å². The number of rotatable bonds is 8. The lowest BCUT2D eigenvalue weighted by Gasteiger charge is -2.29. The van der Waals surface area contributed by atoms with Gasteiger partial charge in [-0.3, -0.25) is 0 Å². The summed E-state index contributed by atoms with van der Waals surface area (Å²) in [6.07, 6.45) is 2.11. The van der Waals surface area contributed by atoms with Crippen molar-refractivity contribution < 1.29 is 14.3 Å². The molecule has 1 fully saturated rings. The van der Waals surface area contributed by atoms with Crippen LogP contribution in [0, 0.1) is 13.8 Å². The molecule has 0 saturated carbocycles. The molecule has 0 N–H and O–H groups in total. The van der Waals surface area contributed by atoms with Gasteiger partial charge in [-0.25, -0.2) is 14.8 Å². The molecule has 4 aromatic carbocycles. The number of esters is 1. The zero-order chi connectivity index (χ0) is 31.6. The van der Waals surface area contributed by atoms with Gasteiger partial charge in [-0.05, 0) is 55.7 Å². The molecule has 232 valence electrons. The molecule has 1 atom stereocenters. The van der Waals surface area contributed by atoms with E-state index in [0.29, 0.717) is 17.8 Å². The first kappa shape index (κ1) is 29.5. The first-order chi connectivity index (χ1) is 22.5. The minimum absolute atomic E-state index is 0.246. The molecular formula is C39H38N4O3. The number of aryl methyl sites for hydroxylation is 2. The van der Waals surface area contributed by atoms with E-state index >= 15 is 0 Å². The van der Waals surface area contributed by atoms with Crippen molar-refractivity contribution >= 4 is 34.2 Å². The molecule has 0 bridgehead atoms. The maximum absolute atomic E-state index is 12.7. The van der Waals surface area contributed by atoms with Crippen molar-refractivity contribution in [3.63, 3.8) is 0 Å². The number of fused-ring (bicyclic) bond motifs is 2. The summed E-state index contributed by atoms with van der Waals surface area (Å²) in [5.74, 6) is 2.41. The van der Waals surface area contributed by atoms with E-state index in [-0.39, 0.29) is 6.23 Å². The topological polar surface area (TPSA) is 67.3 Å². The van der Waals surface area contributed by atoms with Gasteiger partial charge in [0.2, 0.25) is 0 Å². The lowest BCUT2D eigenvalue weighted by molar-refractivity contribution is 0.0601. The van der Waals surface area contributed by atoms with Gasteiger partial charge in [0.1, 0.15) is 17.4 Å². The monoisotopic (exact) mass is 610 g/mol. The van der Waals surface area contributed by atoms with Crippen molar-refractivity contribution in [1.82, 2.24) is 9.88 Å². The largest absolute Gasteiger partial charge is 0.469 e. The number of nitrogens with zero attached hydrogens (tertiary/aromatic N) is 4. The summed E-state index contributed by atoms with van der Waals surface area (Å²) in [6, 6.07) is 33.1. The average molecular weight is 611 g/mol. The Hall–Kier alpha value is -5.17. The number of carbonyl (C=O) groups excluding carboxylic acids is 1. The van der Waals surface area contributed by atoms with Crippen LogP contribution in [0.2, 0.25) is 0 Å². The molecule has 2 aliphatic heterocycles. The smallest absolute Gasteiger partial charge is 0.340 e. The molecule has 7 heteroatoms. The van der Waals surface area contributed by atoms with Crippen molar-refractivity contribution in [2.45, 2.75) is 52.4 Å². The lowest BCUT2D eigenvalue weighted by atomic mass is 10.1. The lowest BCUT2D eigenvalue weighted by Crippen LogP contribution is -2.36. The van der Waals surface area contributed by atoms with Crippen LogP contribution in [0.5, 0.6) is 5.75 Å². The average Bonchev–Trinajstić information content (AvgIpc) is 3.65. The number of pyridine rings is 1. The molecule has 7 rings (SSSR count). The Labute approximate surface area is 270 Å². The standard InChI is InChI=1S/C39H38N4O3/c1-26-14-16-33-31(22-26)37(30-20-21-42(38(30)41-33)24-28-10-6-4-7-11-28)46-36-19-18-35(43(36)25-29-12-8-5-9-13-29)40-34-17-15-27(2)23-32(34)39(44)45-3/h4-17,22-23,36H,18-21,24-25H2,1-3H3/b40-35-. The van der Waals surface area contributed by atoms with Crippen LogP contribution < -0.4 is 9.64 Å². The van der Waals surface area contributed by atoms with E-state index in [4.69, 9.17) is 19.5 Å². The molecule has 3 heterocycles. The number of likely N-dealkylation sites (tertiary alicyclic amines) is 1. The molecular weight excluding hydrogens is 572 g/mol. The van der Waals surface area contributed by atoms with Gasteiger partial charge >= 0.3 is 5.97 Å². The third-order valence-corrected chi connectivity index (χ3v) is 8.87. The van der Waals surface area contributed by atoms with Gasteiger partial charge in [-0.2, -0.15) is 0 Å². The molecule has 2 aliphatic rings. The maximum atomic E-state index is 12.7. The van der Waals surface area contributed by atoms with Gasteiger partial charge in [0.15, 0.2) is 6.23 Å². The summed E-state index contributed by atoms with van der Waals surface area (Å²) in [6.45, 7) is 6.40. The number of methoxy groups -OCH3 is 1. The van der Waals surface area contributed by atoms with Crippen LogP contribution in [0.15, 0.2) is 102 Å². The molecule has 0 amide bonds. The zero-order valence-electron chi connectivity index (χ0n) is 26.6. The fourth-order valence-electron chi connectivity index (χ4n) is 6.54. The number of aliphatic imine (C=N–C) groups is 1.